The van der Waals surface area contributed by atoms with Crippen molar-refractivity contribution in [1.29, 1.82) is 0 Å². The summed E-state index contributed by atoms with van der Waals surface area (Å²) in [4.78, 5) is 11.1. The molecule has 6 heteroatoms. The van der Waals surface area contributed by atoms with Crippen LogP contribution in [-0.4, -0.2) is 54.8 Å². The highest BCUT2D eigenvalue weighted by Crippen LogP contribution is 2.02. The van der Waals surface area contributed by atoms with Crippen LogP contribution in [0.4, 0.5) is 4.79 Å². The number of carbonyl (C=O) groups is 1. The molecule has 14 heavy (non-hydrogen) atoms. The maximum atomic E-state index is 11.1. The van der Waals surface area contributed by atoms with Crippen molar-refractivity contribution in [3.63, 3.8) is 0 Å². The van der Waals surface area contributed by atoms with Crippen LogP contribution < -0.4 is 10.6 Å². The van der Waals surface area contributed by atoms with Crippen LogP contribution in [-0.2, 0) is 4.74 Å². The Morgan fingerprint density at radius 2 is 2.43 bits per heavy atom. The van der Waals surface area contributed by atoms with Crippen molar-refractivity contribution in [2.45, 2.75) is 18.6 Å². The zero-order valence-corrected chi connectivity index (χ0v) is 7.90. The summed E-state index contributed by atoms with van der Waals surface area (Å²) < 4.78 is 5.07. The first-order valence-corrected chi connectivity index (χ1v) is 4.63. The van der Waals surface area contributed by atoms with Crippen molar-refractivity contribution in [1.82, 2.24) is 10.6 Å². The van der Waals surface area contributed by atoms with Gasteiger partial charge in [0.1, 0.15) is 0 Å². The van der Waals surface area contributed by atoms with Crippen LogP contribution in [0.1, 0.15) is 6.42 Å². The van der Waals surface area contributed by atoms with Crippen LogP contribution in [0.5, 0.6) is 0 Å². The van der Waals surface area contributed by atoms with Gasteiger partial charge in [-0.1, -0.05) is 0 Å². The highest BCUT2D eigenvalue weighted by atomic mass is 16.5. The summed E-state index contributed by atoms with van der Waals surface area (Å²) in [5, 5.41) is 22.6. The largest absolute Gasteiger partial charge is 0.394 e. The van der Waals surface area contributed by atoms with E-state index in [0.717, 1.165) is 6.42 Å². The Labute approximate surface area is 82.3 Å². The molecule has 2 unspecified atom stereocenters. The average molecular weight is 204 g/mol. The molecule has 0 bridgehead atoms. The number of nitrogens with one attached hydrogen (secondary N) is 2. The van der Waals surface area contributed by atoms with Gasteiger partial charge in [0.15, 0.2) is 0 Å². The van der Waals surface area contributed by atoms with Crippen LogP contribution in [0.2, 0.25) is 0 Å². The highest BCUT2D eigenvalue weighted by Gasteiger charge is 2.17. The van der Waals surface area contributed by atoms with Crippen LogP contribution in [0.15, 0.2) is 0 Å². The number of ether oxygens (including phenoxy) is 1. The maximum absolute atomic E-state index is 11.1. The lowest BCUT2D eigenvalue weighted by Gasteiger charge is -2.13. The minimum atomic E-state index is -0.902. The molecule has 2 amide bonds. The summed E-state index contributed by atoms with van der Waals surface area (Å²) in [6.45, 7) is 0.906. The molecule has 1 fully saturated rings. The van der Waals surface area contributed by atoms with Gasteiger partial charge in [0, 0.05) is 13.2 Å². The van der Waals surface area contributed by atoms with Crippen LogP contribution in [0, 0.1) is 0 Å². The van der Waals surface area contributed by atoms with Crippen LogP contribution >= 0.6 is 0 Å². The molecule has 0 aromatic rings. The molecule has 0 spiro atoms. The van der Waals surface area contributed by atoms with Crippen LogP contribution in [0.25, 0.3) is 0 Å². The summed E-state index contributed by atoms with van der Waals surface area (Å²) in [7, 11) is 0. The van der Waals surface area contributed by atoms with Gasteiger partial charge in [-0.15, -0.1) is 0 Å². The van der Waals surface area contributed by atoms with Gasteiger partial charge in [-0.05, 0) is 6.42 Å². The van der Waals surface area contributed by atoms with Crippen molar-refractivity contribution in [2.75, 3.05) is 26.4 Å². The van der Waals surface area contributed by atoms with Crippen molar-refractivity contribution in [3.8, 4) is 0 Å². The maximum Gasteiger partial charge on any atom is 0.315 e. The number of amides is 2. The van der Waals surface area contributed by atoms with E-state index in [1.54, 1.807) is 0 Å². The Morgan fingerprint density at radius 3 is 3.00 bits per heavy atom. The number of hydrogen-bond donors (Lipinski definition) is 4. The molecule has 1 saturated heterocycles. The quantitative estimate of drug-likeness (QED) is 0.445. The number of hydrogen-bond acceptors (Lipinski definition) is 4. The first kappa shape index (κ1) is 11.2. The number of rotatable bonds is 4. The molecule has 4 N–H and O–H groups in total. The molecule has 1 heterocycles. The Bertz CT molecular complexity index is 182. The lowest BCUT2D eigenvalue weighted by Crippen LogP contribution is -2.45. The fraction of sp³-hybridized carbons (Fsp3) is 0.875. The van der Waals surface area contributed by atoms with E-state index >= 15 is 0 Å². The zero-order valence-electron chi connectivity index (χ0n) is 7.90. The Balaban J connectivity index is 2.09. The zero-order chi connectivity index (χ0) is 10.4. The van der Waals surface area contributed by atoms with E-state index in [2.05, 4.69) is 10.6 Å². The number of carbonyl (C=O) groups excluding carboxylic acids is 1. The SMILES string of the molecule is O=C(NCC(O)CO)NC1CCOC1. The predicted molar refractivity (Wildman–Crippen MR) is 48.9 cm³/mol. The third-order valence-electron chi connectivity index (χ3n) is 1.97. The second-order valence-electron chi connectivity index (χ2n) is 3.25. The van der Waals surface area contributed by atoms with E-state index in [4.69, 9.17) is 14.9 Å². The summed E-state index contributed by atoms with van der Waals surface area (Å²) in [6.07, 6.45) is -0.0868. The summed E-state index contributed by atoms with van der Waals surface area (Å²) >= 11 is 0. The number of aliphatic hydroxyl groups is 2. The van der Waals surface area contributed by atoms with Crippen molar-refractivity contribution >= 4 is 6.03 Å². The van der Waals surface area contributed by atoms with Crippen LogP contribution in [0.3, 0.4) is 0 Å². The van der Waals surface area contributed by atoms with Crippen molar-refractivity contribution in [2.24, 2.45) is 0 Å². The standard InChI is InChI=1S/C8H16N2O4/c11-4-7(12)3-9-8(13)10-6-1-2-14-5-6/h6-7,11-12H,1-5H2,(H2,9,10,13). The predicted octanol–water partition coefficient (Wildman–Crippen LogP) is -1.57. The minimum Gasteiger partial charge on any atom is -0.394 e. The Morgan fingerprint density at radius 1 is 1.64 bits per heavy atom. The second-order valence-corrected chi connectivity index (χ2v) is 3.25. The van der Waals surface area contributed by atoms with E-state index in [1.807, 2.05) is 0 Å². The van der Waals surface area contributed by atoms with Gasteiger partial charge in [-0.3, -0.25) is 0 Å². The minimum absolute atomic E-state index is 0.0515. The molecule has 2 atom stereocenters. The Hall–Kier alpha value is -0.850. The third-order valence-corrected chi connectivity index (χ3v) is 1.97. The van der Waals surface area contributed by atoms with E-state index < -0.39 is 6.10 Å². The lowest BCUT2D eigenvalue weighted by atomic mass is 10.3. The molecule has 0 aromatic heterocycles. The number of aliphatic hydroxyl groups excluding tert-OH is 2. The lowest BCUT2D eigenvalue weighted by molar-refractivity contribution is 0.0957. The van der Waals surface area contributed by atoms with E-state index in [0.29, 0.717) is 13.2 Å². The second kappa shape index (κ2) is 5.79. The van der Waals surface area contributed by atoms with E-state index in [1.165, 1.54) is 0 Å². The van der Waals surface area contributed by atoms with E-state index in [-0.39, 0.29) is 25.2 Å². The fourth-order valence-corrected chi connectivity index (χ4v) is 1.16. The third kappa shape index (κ3) is 3.91. The molecule has 82 valence electrons. The van der Waals surface area contributed by atoms with Gasteiger partial charge < -0.3 is 25.6 Å². The highest BCUT2D eigenvalue weighted by molar-refractivity contribution is 5.74. The monoisotopic (exact) mass is 204 g/mol. The van der Waals surface area contributed by atoms with Crippen molar-refractivity contribution < 1.29 is 19.7 Å². The van der Waals surface area contributed by atoms with Gasteiger partial charge >= 0.3 is 6.03 Å². The fourth-order valence-electron chi connectivity index (χ4n) is 1.16. The molecule has 0 radical (unpaired) electrons. The van der Waals surface area contributed by atoms with Crippen molar-refractivity contribution in [3.05, 3.63) is 0 Å². The molecule has 6 nitrogen and oxygen atoms in total. The first-order valence-electron chi connectivity index (χ1n) is 4.63. The smallest absolute Gasteiger partial charge is 0.315 e. The van der Waals surface area contributed by atoms with Gasteiger partial charge in [-0.2, -0.15) is 0 Å². The van der Waals surface area contributed by atoms with Gasteiger partial charge in [-0.25, -0.2) is 4.79 Å². The number of urea groups is 1. The van der Waals surface area contributed by atoms with Gasteiger partial charge in [0.25, 0.3) is 0 Å². The molecule has 0 saturated carbocycles. The summed E-state index contributed by atoms with van der Waals surface area (Å²) in [5.74, 6) is 0. The first-order chi connectivity index (χ1) is 6.72. The molecule has 1 aliphatic rings. The summed E-state index contributed by atoms with van der Waals surface area (Å²) in [6, 6.07) is -0.283. The molecule has 0 aliphatic carbocycles. The topological polar surface area (TPSA) is 90.8 Å². The average Bonchev–Trinajstić information content (AvgIpc) is 2.66. The molecular formula is C8H16N2O4. The Kier molecular flexibility index (Phi) is 4.64. The molecule has 0 aromatic carbocycles. The van der Waals surface area contributed by atoms with E-state index in [9.17, 15) is 4.79 Å². The molecular weight excluding hydrogens is 188 g/mol. The summed E-state index contributed by atoms with van der Waals surface area (Å²) in [5.41, 5.74) is 0. The normalized spacial score (nSPS) is 23.1. The van der Waals surface area contributed by atoms with Gasteiger partial charge in [0.05, 0.1) is 25.4 Å². The molecule has 1 rings (SSSR count). The van der Waals surface area contributed by atoms with Gasteiger partial charge in [0.2, 0.25) is 0 Å². The molecule has 1 aliphatic heterocycles.